The molecule has 1 unspecified atom stereocenters. The van der Waals surface area contributed by atoms with E-state index in [1.54, 1.807) is 0 Å². The average Bonchev–Trinajstić information content (AvgIpc) is 1.85. The lowest BCUT2D eigenvalue weighted by molar-refractivity contribution is 0.558. The summed E-state index contributed by atoms with van der Waals surface area (Å²) in [6, 6.07) is 1.82. The molecular weight excluding hydrogens is 186 g/mol. The van der Waals surface area contributed by atoms with E-state index in [2.05, 4.69) is 0 Å². The maximum absolute atomic E-state index is 11.0. The van der Waals surface area contributed by atoms with Crippen LogP contribution in [0.15, 0.2) is 0 Å². The van der Waals surface area contributed by atoms with Crippen molar-refractivity contribution in [3.8, 4) is 6.07 Å². The predicted molar refractivity (Wildman–Crippen MR) is 42.1 cm³/mol. The third kappa shape index (κ3) is 2.08. The standard InChI is InChI=1S/C6H8ClNO2S/c7-6(4-8)2-1-3-11(9,10)5-6/h1-3,5H2. The van der Waals surface area contributed by atoms with Gasteiger partial charge in [-0.05, 0) is 12.8 Å². The van der Waals surface area contributed by atoms with Crippen molar-refractivity contribution in [2.45, 2.75) is 17.7 Å². The minimum atomic E-state index is -3.06. The summed E-state index contributed by atoms with van der Waals surface area (Å²) in [5.74, 6) is -0.0266. The van der Waals surface area contributed by atoms with Gasteiger partial charge >= 0.3 is 0 Å². The van der Waals surface area contributed by atoms with Gasteiger partial charge in [-0.3, -0.25) is 0 Å². The van der Waals surface area contributed by atoms with E-state index >= 15 is 0 Å². The highest BCUT2D eigenvalue weighted by Gasteiger charge is 2.37. The minimum Gasteiger partial charge on any atom is -0.229 e. The fourth-order valence-corrected chi connectivity index (χ4v) is 3.42. The molecular formula is C6H8ClNO2S. The van der Waals surface area contributed by atoms with Crippen molar-refractivity contribution in [1.82, 2.24) is 0 Å². The predicted octanol–water partition coefficient (Wildman–Crippen LogP) is 0.696. The summed E-state index contributed by atoms with van der Waals surface area (Å²) in [5, 5.41) is 8.54. The third-order valence-electron chi connectivity index (χ3n) is 1.68. The molecule has 1 rings (SSSR count). The van der Waals surface area contributed by atoms with Crippen molar-refractivity contribution in [3.63, 3.8) is 0 Å². The van der Waals surface area contributed by atoms with Crippen LogP contribution in [0, 0.1) is 11.3 Å². The summed E-state index contributed by atoms with van der Waals surface area (Å²) in [7, 11) is -3.06. The number of rotatable bonds is 0. The second kappa shape index (κ2) is 2.65. The zero-order valence-corrected chi connectivity index (χ0v) is 7.45. The molecule has 5 heteroatoms. The van der Waals surface area contributed by atoms with Gasteiger partial charge in [0.25, 0.3) is 0 Å². The molecule has 0 aromatic rings. The van der Waals surface area contributed by atoms with Crippen LogP contribution in [0.2, 0.25) is 0 Å². The number of alkyl halides is 1. The summed E-state index contributed by atoms with van der Waals surface area (Å²) >= 11 is 5.70. The first-order valence-electron chi connectivity index (χ1n) is 3.28. The van der Waals surface area contributed by atoms with E-state index in [0.717, 1.165) is 0 Å². The van der Waals surface area contributed by atoms with Crippen LogP contribution in [0.3, 0.4) is 0 Å². The van der Waals surface area contributed by atoms with Crippen LogP contribution in [-0.4, -0.2) is 24.8 Å². The molecule has 0 aromatic heterocycles. The van der Waals surface area contributed by atoms with Crippen LogP contribution in [0.4, 0.5) is 0 Å². The Hall–Kier alpha value is -0.270. The number of hydrogen-bond donors (Lipinski definition) is 0. The van der Waals surface area contributed by atoms with E-state index in [4.69, 9.17) is 16.9 Å². The molecule has 0 spiro atoms. The van der Waals surface area contributed by atoms with E-state index in [-0.39, 0.29) is 11.5 Å². The van der Waals surface area contributed by atoms with Crippen molar-refractivity contribution < 1.29 is 8.42 Å². The Morgan fingerprint density at radius 2 is 2.18 bits per heavy atom. The Morgan fingerprint density at radius 3 is 2.55 bits per heavy atom. The molecule has 62 valence electrons. The Kier molecular flexibility index (Phi) is 2.13. The number of nitriles is 1. The molecule has 1 atom stereocenters. The maximum atomic E-state index is 11.0. The van der Waals surface area contributed by atoms with E-state index in [0.29, 0.717) is 12.8 Å². The van der Waals surface area contributed by atoms with E-state index in [1.807, 2.05) is 6.07 Å². The second-order valence-electron chi connectivity index (χ2n) is 2.77. The summed E-state index contributed by atoms with van der Waals surface area (Å²) in [5.41, 5.74) is 0. The lowest BCUT2D eigenvalue weighted by Crippen LogP contribution is -2.36. The number of nitrogens with zero attached hydrogens (tertiary/aromatic N) is 1. The molecule has 0 aliphatic carbocycles. The van der Waals surface area contributed by atoms with Crippen LogP contribution in [-0.2, 0) is 9.84 Å². The Morgan fingerprint density at radius 1 is 1.55 bits per heavy atom. The van der Waals surface area contributed by atoms with Crippen molar-refractivity contribution in [3.05, 3.63) is 0 Å². The Balaban J connectivity index is 2.86. The molecule has 0 bridgehead atoms. The molecule has 0 N–H and O–H groups in total. The lowest BCUT2D eigenvalue weighted by atomic mass is 10.1. The fraction of sp³-hybridized carbons (Fsp3) is 0.833. The van der Waals surface area contributed by atoms with Gasteiger partial charge in [0.1, 0.15) is 4.87 Å². The molecule has 1 saturated heterocycles. The zero-order valence-electron chi connectivity index (χ0n) is 5.88. The van der Waals surface area contributed by atoms with Gasteiger partial charge < -0.3 is 0 Å². The fourth-order valence-electron chi connectivity index (χ4n) is 1.15. The van der Waals surface area contributed by atoms with E-state index in [9.17, 15) is 8.42 Å². The van der Waals surface area contributed by atoms with Gasteiger partial charge in [0.15, 0.2) is 9.84 Å². The summed E-state index contributed by atoms with van der Waals surface area (Å²) in [6.45, 7) is 0. The Bertz CT molecular complexity index is 292. The Labute approximate surface area is 70.9 Å². The molecule has 0 aromatic carbocycles. The highest BCUT2D eigenvalue weighted by Crippen LogP contribution is 2.28. The first kappa shape index (κ1) is 8.82. The molecule has 11 heavy (non-hydrogen) atoms. The number of hydrogen-bond acceptors (Lipinski definition) is 3. The van der Waals surface area contributed by atoms with Gasteiger partial charge in [-0.15, -0.1) is 11.6 Å². The van der Waals surface area contributed by atoms with Gasteiger partial charge in [-0.1, -0.05) is 0 Å². The van der Waals surface area contributed by atoms with Crippen LogP contribution in [0.1, 0.15) is 12.8 Å². The molecule has 1 aliphatic heterocycles. The van der Waals surface area contributed by atoms with Crippen molar-refractivity contribution in [1.29, 1.82) is 5.26 Å². The summed E-state index contributed by atoms with van der Waals surface area (Å²) in [6.07, 6.45) is 0.976. The van der Waals surface area contributed by atoms with Gasteiger partial charge in [0, 0.05) is 0 Å². The molecule has 0 radical (unpaired) electrons. The first-order valence-corrected chi connectivity index (χ1v) is 5.48. The highest BCUT2D eigenvalue weighted by atomic mass is 35.5. The monoisotopic (exact) mass is 193 g/mol. The smallest absolute Gasteiger partial charge is 0.153 e. The highest BCUT2D eigenvalue weighted by molar-refractivity contribution is 7.91. The average molecular weight is 194 g/mol. The minimum absolute atomic E-state index is 0.170. The van der Waals surface area contributed by atoms with Crippen LogP contribution < -0.4 is 0 Å². The number of sulfone groups is 1. The topological polar surface area (TPSA) is 57.9 Å². The molecule has 0 amide bonds. The third-order valence-corrected chi connectivity index (χ3v) is 4.09. The summed E-state index contributed by atoms with van der Waals surface area (Å²) < 4.78 is 22.0. The second-order valence-corrected chi connectivity index (χ2v) is 5.68. The van der Waals surface area contributed by atoms with Crippen molar-refractivity contribution >= 4 is 21.4 Å². The van der Waals surface area contributed by atoms with E-state index < -0.39 is 14.7 Å². The number of halogens is 1. The molecule has 3 nitrogen and oxygen atoms in total. The molecule has 1 fully saturated rings. The van der Waals surface area contributed by atoms with Crippen LogP contribution in [0.5, 0.6) is 0 Å². The largest absolute Gasteiger partial charge is 0.229 e. The van der Waals surface area contributed by atoms with Gasteiger partial charge in [0.2, 0.25) is 0 Å². The van der Waals surface area contributed by atoms with Crippen LogP contribution in [0.25, 0.3) is 0 Å². The maximum Gasteiger partial charge on any atom is 0.153 e. The van der Waals surface area contributed by atoms with Crippen molar-refractivity contribution in [2.24, 2.45) is 0 Å². The van der Waals surface area contributed by atoms with Gasteiger partial charge in [0.05, 0.1) is 17.6 Å². The van der Waals surface area contributed by atoms with Gasteiger partial charge in [-0.2, -0.15) is 5.26 Å². The lowest BCUT2D eigenvalue weighted by Gasteiger charge is -2.23. The van der Waals surface area contributed by atoms with Crippen molar-refractivity contribution in [2.75, 3.05) is 11.5 Å². The molecule has 0 saturated carbocycles. The SMILES string of the molecule is N#CC1(Cl)CCCS(=O)(=O)C1. The normalized spacial score (nSPS) is 36.0. The molecule has 1 heterocycles. The molecule has 1 aliphatic rings. The van der Waals surface area contributed by atoms with E-state index in [1.165, 1.54) is 0 Å². The zero-order chi connectivity index (χ0) is 8.54. The first-order chi connectivity index (χ1) is 4.97. The summed E-state index contributed by atoms with van der Waals surface area (Å²) in [4.78, 5) is -1.16. The van der Waals surface area contributed by atoms with Crippen LogP contribution >= 0.6 is 11.6 Å². The van der Waals surface area contributed by atoms with Gasteiger partial charge in [-0.25, -0.2) is 8.42 Å². The quantitative estimate of drug-likeness (QED) is 0.532.